The van der Waals surface area contributed by atoms with Crippen LogP contribution >= 0.6 is 0 Å². The number of sulfonamides is 1. The third-order valence-electron chi connectivity index (χ3n) is 5.67. The average Bonchev–Trinajstić information content (AvgIpc) is 2.78. The minimum absolute atomic E-state index is 0.0189. The van der Waals surface area contributed by atoms with Crippen molar-refractivity contribution in [1.82, 2.24) is 5.32 Å². The van der Waals surface area contributed by atoms with Crippen molar-refractivity contribution in [2.45, 2.75) is 51.0 Å². The second-order valence-electron chi connectivity index (χ2n) is 9.46. The molecule has 0 bridgehead atoms. The van der Waals surface area contributed by atoms with Crippen LogP contribution in [0, 0.1) is 12.7 Å². The van der Waals surface area contributed by atoms with Crippen LogP contribution in [0.5, 0.6) is 0 Å². The number of anilines is 1. The highest BCUT2D eigenvalue weighted by Crippen LogP contribution is 2.26. The van der Waals surface area contributed by atoms with Gasteiger partial charge in [0.15, 0.2) is 0 Å². The molecule has 0 spiro atoms. The molecule has 3 aromatic carbocycles. The summed E-state index contributed by atoms with van der Waals surface area (Å²) in [5.74, 6) is -0.958. The summed E-state index contributed by atoms with van der Waals surface area (Å²) in [6, 6.07) is 19.1. The van der Waals surface area contributed by atoms with Gasteiger partial charge in [-0.05, 0) is 66.8 Å². The van der Waals surface area contributed by atoms with Crippen molar-refractivity contribution in [3.05, 3.63) is 95.3 Å². The predicted molar refractivity (Wildman–Crippen MR) is 134 cm³/mol. The quantitative estimate of drug-likeness (QED) is 0.483. The lowest BCUT2D eigenvalue weighted by atomic mass is 9.86. The van der Waals surface area contributed by atoms with Crippen LogP contribution in [-0.4, -0.2) is 20.9 Å². The molecule has 180 valence electrons. The number of amides is 1. The highest BCUT2D eigenvalue weighted by molar-refractivity contribution is 7.92. The number of rotatable bonds is 7. The molecule has 1 amide bonds. The number of nitrogens with one attached hydrogen (secondary N) is 1. The van der Waals surface area contributed by atoms with E-state index < -0.39 is 28.3 Å². The summed E-state index contributed by atoms with van der Waals surface area (Å²) in [7, 11) is -4.05. The Morgan fingerprint density at radius 2 is 1.50 bits per heavy atom. The number of aryl methyl sites for hydroxylation is 1. The van der Waals surface area contributed by atoms with Crippen LogP contribution in [0.4, 0.5) is 10.1 Å². The van der Waals surface area contributed by atoms with Crippen LogP contribution in [0.2, 0.25) is 0 Å². The van der Waals surface area contributed by atoms with E-state index in [1.165, 1.54) is 42.0 Å². The van der Waals surface area contributed by atoms with Crippen LogP contribution in [-0.2, 0) is 20.2 Å². The molecular formula is C27H31FN2O3S. The molecule has 0 saturated carbocycles. The van der Waals surface area contributed by atoms with E-state index in [2.05, 4.69) is 26.1 Å². The second-order valence-corrected chi connectivity index (χ2v) is 11.3. The van der Waals surface area contributed by atoms with Gasteiger partial charge < -0.3 is 5.32 Å². The number of carbonyl (C=O) groups excluding carboxylic acids is 1. The molecule has 0 unspecified atom stereocenters. The first-order chi connectivity index (χ1) is 15.9. The molecule has 0 fully saturated rings. The Bertz CT molecular complexity index is 1230. The van der Waals surface area contributed by atoms with E-state index in [9.17, 15) is 17.6 Å². The van der Waals surface area contributed by atoms with Gasteiger partial charge in [0.1, 0.15) is 12.4 Å². The van der Waals surface area contributed by atoms with Crippen molar-refractivity contribution in [1.29, 1.82) is 0 Å². The van der Waals surface area contributed by atoms with Gasteiger partial charge >= 0.3 is 0 Å². The zero-order valence-electron chi connectivity index (χ0n) is 20.2. The van der Waals surface area contributed by atoms with Crippen molar-refractivity contribution in [3.63, 3.8) is 0 Å². The van der Waals surface area contributed by atoms with Gasteiger partial charge in [-0.1, -0.05) is 62.7 Å². The van der Waals surface area contributed by atoms with E-state index in [1.807, 2.05) is 38.1 Å². The number of nitrogens with zero attached hydrogens (tertiary/aromatic N) is 1. The fraction of sp³-hybridized carbons (Fsp3) is 0.296. The standard InChI is InChI=1S/C27H31FN2O3S/c1-19-6-16-25(17-7-19)34(32,33)30(24-14-12-23(28)13-15-24)18-26(31)29-20(2)21-8-10-22(11-9-21)27(3,4)5/h6-17,20H,18H2,1-5H3,(H,29,31)/t20-/m0/s1. The number of benzene rings is 3. The largest absolute Gasteiger partial charge is 0.348 e. The van der Waals surface area contributed by atoms with E-state index in [0.29, 0.717) is 0 Å². The zero-order chi connectivity index (χ0) is 25.1. The lowest BCUT2D eigenvalue weighted by Crippen LogP contribution is -2.41. The lowest BCUT2D eigenvalue weighted by Gasteiger charge is -2.25. The molecule has 7 heteroatoms. The molecule has 0 aliphatic carbocycles. The van der Waals surface area contributed by atoms with Crippen molar-refractivity contribution in [3.8, 4) is 0 Å². The Morgan fingerprint density at radius 1 is 0.941 bits per heavy atom. The number of hydrogen-bond donors (Lipinski definition) is 1. The number of halogens is 1. The van der Waals surface area contributed by atoms with E-state index in [0.717, 1.165) is 15.4 Å². The van der Waals surface area contributed by atoms with Gasteiger partial charge in [-0.25, -0.2) is 12.8 Å². The predicted octanol–water partition coefficient (Wildman–Crippen LogP) is 5.50. The van der Waals surface area contributed by atoms with Crippen molar-refractivity contribution in [2.75, 3.05) is 10.8 Å². The summed E-state index contributed by atoms with van der Waals surface area (Å²) < 4.78 is 41.3. The van der Waals surface area contributed by atoms with Crippen molar-refractivity contribution < 1.29 is 17.6 Å². The highest BCUT2D eigenvalue weighted by Gasteiger charge is 2.28. The first kappa shape index (κ1) is 25.4. The molecule has 0 saturated heterocycles. The Kier molecular flexibility index (Phi) is 7.46. The number of hydrogen-bond acceptors (Lipinski definition) is 3. The van der Waals surface area contributed by atoms with E-state index >= 15 is 0 Å². The minimum Gasteiger partial charge on any atom is -0.348 e. The van der Waals surface area contributed by atoms with Gasteiger partial charge in [0.2, 0.25) is 5.91 Å². The van der Waals surface area contributed by atoms with Crippen molar-refractivity contribution >= 4 is 21.6 Å². The topological polar surface area (TPSA) is 66.5 Å². The smallest absolute Gasteiger partial charge is 0.264 e. The Labute approximate surface area is 201 Å². The fourth-order valence-corrected chi connectivity index (χ4v) is 4.95. The van der Waals surface area contributed by atoms with Gasteiger partial charge in [-0.2, -0.15) is 0 Å². The maximum Gasteiger partial charge on any atom is 0.264 e. The zero-order valence-corrected chi connectivity index (χ0v) is 21.0. The molecule has 1 N–H and O–H groups in total. The van der Waals surface area contributed by atoms with Gasteiger partial charge in [-0.3, -0.25) is 9.10 Å². The molecule has 0 aromatic heterocycles. The van der Waals surface area contributed by atoms with E-state index in [1.54, 1.807) is 12.1 Å². The molecule has 0 aliphatic heterocycles. The second kappa shape index (κ2) is 9.97. The van der Waals surface area contributed by atoms with Crippen LogP contribution in [0.1, 0.15) is 50.4 Å². The molecular weight excluding hydrogens is 451 g/mol. The summed E-state index contributed by atoms with van der Waals surface area (Å²) >= 11 is 0. The fourth-order valence-electron chi connectivity index (χ4n) is 3.53. The maximum absolute atomic E-state index is 13.5. The van der Waals surface area contributed by atoms with Gasteiger partial charge in [-0.15, -0.1) is 0 Å². The van der Waals surface area contributed by atoms with Crippen LogP contribution in [0.15, 0.2) is 77.7 Å². The summed E-state index contributed by atoms with van der Waals surface area (Å²) in [4.78, 5) is 13.0. The Balaban J connectivity index is 1.84. The molecule has 0 aliphatic rings. The summed E-state index contributed by atoms with van der Waals surface area (Å²) in [5, 5.41) is 2.88. The molecule has 3 aromatic rings. The third-order valence-corrected chi connectivity index (χ3v) is 7.45. The van der Waals surface area contributed by atoms with E-state index in [-0.39, 0.29) is 22.0 Å². The molecule has 0 heterocycles. The van der Waals surface area contributed by atoms with E-state index in [4.69, 9.17) is 0 Å². The third kappa shape index (κ3) is 6.03. The molecule has 0 radical (unpaired) electrons. The monoisotopic (exact) mass is 482 g/mol. The summed E-state index contributed by atoms with van der Waals surface area (Å²) in [5.41, 5.74) is 3.23. The molecule has 3 rings (SSSR count). The summed E-state index contributed by atoms with van der Waals surface area (Å²) in [6.45, 7) is 9.66. The van der Waals surface area contributed by atoms with Gasteiger partial charge in [0, 0.05) is 0 Å². The van der Waals surface area contributed by atoms with Gasteiger partial charge in [0.05, 0.1) is 16.6 Å². The molecule has 1 atom stereocenters. The highest BCUT2D eigenvalue weighted by atomic mass is 32.2. The maximum atomic E-state index is 13.5. The molecule has 34 heavy (non-hydrogen) atoms. The number of carbonyl (C=O) groups is 1. The normalized spacial score (nSPS) is 12.8. The van der Waals surface area contributed by atoms with Gasteiger partial charge in [0.25, 0.3) is 10.0 Å². The molecule has 5 nitrogen and oxygen atoms in total. The van der Waals surface area contributed by atoms with Crippen LogP contribution in [0.3, 0.4) is 0 Å². The minimum atomic E-state index is -4.05. The first-order valence-corrected chi connectivity index (χ1v) is 12.6. The SMILES string of the molecule is Cc1ccc(S(=O)(=O)N(CC(=O)N[C@@H](C)c2ccc(C(C)(C)C)cc2)c2ccc(F)cc2)cc1. The first-order valence-electron chi connectivity index (χ1n) is 11.1. The van der Waals surface area contributed by atoms with Crippen LogP contribution < -0.4 is 9.62 Å². The van der Waals surface area contributed by atoms with Crippen LogP contribution in [0.25, 0.3) is 0 Å². The Hall–Kier alpha value is -3.19. The Morgan fingerprint density at radius 3 is 2.03 bits per heavy atom. The average molecular weight is 483 g/mol. The van der Waals surface area contributed by atoms with Crippen molar-refractivity contribution in [2.24, 2.45) is 0 Å². The lowest BCUT2D eigenvalue weighted by molar-refractivity contribution is -0.120. The summed E-state index contributed by atoms with van der Waals surface area (Å²) in [6.07, 6.45) is 0.